The number of carbonyl (C=O) groups excluding carboxylic acids is 2. The molecule has 13 heteroatoms. The third kappa shape index (κ3) is 6.97. The number of nitrogens with one attached hydrogen (secondary N) is 3. The molecule has 0 atom stereocenters. The molecule has 13 nitrogen and oxygen atoms in total. The van der Waals surface area contributed by atoms with Gasteiger partial charge in [-0.05, 0) is 30.2 Å². The van der Waals surface area contributed by atoms with E-state index in [4.69, 9.17) is 5.73 Å². The lowest BCUT2D eigenvalue weighted by Gasteiger charge is -2.08. The number of rotatable bonds is 12. The van der Waals surface area contributed by atoms with Crippen LogP contribution in [0.4, 0.5) is 17.3 Å². The van der Waals surface area contributed by atoms with Gasteiger partial charge in [-0.3, -0.25) is 19.7 Å². The number of anilines is 2. The molecular weight excluding hydrogens is 502 g/mol. The summed E-state index contributed by atoms with van der Waals surface area (Å²) in [5.74, 6) is -0.0949. The van der Waals surface area contributed by atoms with Crippen molar-refractivity contribution in [2.75, 3.05) is 30.7 Å². The third-order valence-corrected chi connectivity index (χ3v) is 5.89. The zero-order valence-corrected chi connectivity index (χ0v) is 21.3. The van der Waals surface area contributed by atoms with E-state index in [-0.39, 0.29) is 23.3 Å². The van der Waals surface area contributed by atoms with Crippen molar-refractivity contribution < 1.29 is 14.5 Å². The second-order valence-electron chi connectivity index (χ2n) is 8.72. The molecule has 5 N–H and O–H groups in total. The number of benzene rings is 1. The Morgan fingerprint density at radius 2 is 1.82 bits per heavy atom. The number of imidazole rings is 1. The topological polar surface area (TPSA) is 175 Å². The third-order valence-electron chi connectivity index (χ3n) is 5.89. The second kappa shape index (κ2) is 12.4. The number of nitrogens with zero attached hydrogens (tertiary/aromatic N) is 5. The number of nitrogens with two attached hydrogens (primary N) is 1. The number of aromatic nitrogens is 4. The molecule has 2 amide bonds. The summed E-state index contributed by atoms with van der Waals surface area (Å²) in [5.41, 5.74) is 8.55. The molecule has 0 bridgehead atoms. The largest absolute Gasteiger partial charge is 0.378 e. The average Bonchev–Trinajstić information content (AvgIpc) is 3.60. The lowest BCUT2D eigenvalue weighted by molar-refractivity contribution is -0.384. The van der Waals surface area contributed by atoms with Gasteiger partial charge >= 0.3 is 5.69 Å². The fourth-order valence-electron chi connectivity index (χ4n) is 3.98. The Balaban J connectivity index is 1.45. The number of pyridine rings is 1. The first-order valence-corrected chi connectivity index (χ1v) is 12.3. The van der Waals surface area contributed by atoms with Crippen LogP contribution in [0.2, 0.25) is 0 Å². The minimum Gasteiger partial charge on any atom is -0.378 e. The first-order valence-electron chi connectivity index (χ1n) is 12.3. The summed E-state index contributed by atoms with van der Waals surface area (Å²) in [6, 6.07) is 10.7. The van der Waals surface area contributed by atoms with E-state index < -0.39 is 4.92 Å². The number of carbonyl (C=O) groups is 2. The van der Waals surface area contributed by atoms with Crippen molar-refractivity contribution in [3.05, 3.63) is 83.2 Å². The molecule has 0 fully saturated rings. The molecule has 0 aliphatic carbocycles. The van der Waals surface area contributed by atoms with Gasteiger partial charge in [0.05, 0.1) is 16.8 Å². The van der Waals surface area contributed by atoms with E-state index >= 15 is 0 Å². The molecule has 0 spiro atoms. The van der Waals surface area contributed by atoms with E-state index in [0.29, 0.717) is 44.0 Å². The van der Waals surface area contributed by atoms with Gasteiger partial charge in [-0.15, -0.1) is 0 Å². The van der Waals surface area contributed by atoms with Crippen LogP contribution in [-0.4, -0.2) is 55.5 Å². The lowest BCUT2D eigenvalue weighted by Crippen LogP contribution is -2.33. The van der Waals surface area contributed by atoms with Gasteiger partial charge in [0.15, 0.2) is 0 Å². The van der Waals surface area contributed by atoms with Crippen LogP contribution in [0.1, 0.15) is 23.7 Å². The van der Waals surface area contributed by atoms with Gasteiger partial charge in [-0.1, -0.05) is 12.1 Å². The Morgan fingerprint density at radius 3 is 2.49 bits per heavy atom. The van der Waals surface area contributed by atoms with E-state index in [0.717, 1.165) is 16.8 Å². The number of amides is 2. The van der Waals surface area contributed by atoms with E-state index in [1.807, 2.05) is 45.8 Å². The fraction of sp³-hybridized carbons (Fsp3) is 0.231. The van der Waals surface area contributed by atoms with Crippen LogP contribution >= 0.6 is 0 Å². The first-order chi connectivity index (χ1) is 18.8. The molecule has 202 valence electrons. The van der Waals surface area contributed by atoms with Gasteiger partial charge in [-0.25, -0.2) is 9.97 Å². The number of nitrogen functional groups attached to an aromatic ring is 1. The highest BCUT2D eigenvalue weighted by atomic mass is 16.6. The summed E-state index contributed by atoms with van der Waals surface area (Å²) in [7, 11) is 0. The van der Waals surface area contributed by atoms with Crippen molar-refractivity contribution in [3.63, 3.8) is 0 Å². The predicted molar refractivity (Wildman–Crippen MR) is 146 cm³/mol. The minimum absolute atomic E-state index is 0.145. The molecule has 0 saturated carbocycles. The Morgan fingerprint density at radius 1 is 1.05 bits per heavy atom. The van der Waals surface area contributed by atoms with Crippen molar-refractivity contribution >= 4 is 29.1 Å². The van der Waals surface area contributed by atoms with Crippen LogP contribution in [-0.2, 0) is 11.3 Å². The molecule has 1 aromatic carbocycles. The Hall–Kier alpha value is -5.20. The highest BCUT2D eigenvalue weighted by Crippen LogP contribution is 2.27. The zero-order valence-electron chi connectivity index (χ0n) is 21.3. The molecule has 39 heavy (non-hydrogen) atoms. The van der Waals surface area contributed by atoms with Crippen molar-refractivity contribution in [3.8, 4) is 16.8 Å². The van der Waals surface area contributed by atoms with Crippen LogP contribution in [0.15, 0.2) is 67.5 Å². The predicted octanol–water partition coefficient (Wildman–Crippen LogP) is 2.59. The van der Waals surface area contributed by atoms with Gasteiger partial charge < -0.3 is 30.8 Å². The molecule has 0 unspecified atom stereocenters. The summed E-state index contributed by atoms with van der Waals surface area (Å²) >= 11 is 0. The number of nitro groups is 1. The van der Waals surface area contributed by atoms with Crippen molar-refractivity contribution in [1.82, 2.24) is 29.7 Å². The van der Waals surface area contributed by atoms with E-state index in [9.17, 15) is 19.7 Å². The highest BCUT2D eigenvalue weighted by Gasteiger charge is 2.17. The molecule has 4 aromatic rings. The standard InChI is InChI=1S/C26H29N9O4/c1-18(36)29-10-11-31-26(37)22-16-33(13-2-9-30-24-8-7-23(35(38)39)25(27)32-24)15-21(22)19-3-5-20(6-4-19)34-14-12-28-17-34/h3-8,12,14-17H,2,9-11,13H2,1H3,(H,29,36)(H,31,37)(H3,27,30,32). The van der Waals surface area contributed by atoms with Gasteiger partial charge in [-0.2, -0.15) is 0 Å². The lowest BCUT2D eigenvalue weighted by atomic mass is 10.0. The molecule has 3 aromatic heterocycles. The van der Waals surface area contributed by atoms with Gasteiger partial charge in [0, 0.05) is 75.2 Å². The average molecular weight is 532 g/mol. The highest BCUT2D eigenvalue weighted by molar-refractivity contribution is 6.01. The summed E-state index contributed by atoms with van der Waals surface area (Å²) in [4.78, 5) is 42.6. The first kappa shape index (κ1) is 26.9. The summed E-state index contributed by atoms with van der Waals surface area (Å²) < 4.78 is 3.84. The van der Waals surface area contributed by atoms with Gasteiger partial charge in [0.25, 0.3) is 5.91 Å². The van der Waals surface area contributed by atoms with Gasteiger partial charge in [0.2, 0.25) is 11.7 Å². The van der Waals surface area contributed by atoms with Crippen LogP contribution in [0.25, 0.3) is 16.8 Å². The normalized spacial score (nSPS) is 10.7. The Kier molecular flexibility index (Phi) is 8.51. The van der Waals surface area contributed by atoms with Crippen LogP contribution in [0, 0.1) is 10.1 Å². The second-order valence-corrected chi connectivity index (χ2v) is 8.72. The smallest absolute Gasteiger partial charge is 0.311 e. The molecule has 4 rings (SSSR count). The van der Waals surface area contributed by atoms with Crippen molar-refractivity contribution in [1.29, 1.82) is 0 Å². The molecule has 0 radical (unpaired) electrons. The Labute approximate surface area is 224 Å². The minimum atomic E-state index is -0.575. The van der Waals surface area contributed by atoms with Gasteiger partial charge in [0.1, 0.15) is 5.82 Å². The van der Waals surface area contributed by atoms with Crippen LogP contribution < -0.4 is 21.7 Å². The summed E-state index contributed by atoms with van der Waals surface area (Å²) in [6.07, 6.45) is 9.70. The van der Waals surface area contributed by atoms with E-state index in [1.165, 1.54) is 19.1 Å². The molecule has 0 saturated heterocycles. The van der Waals surface area contributed by atoms with Crippen LogP contribution in [0.3, 0.4) is 0 Å². The number of aryl methyl sites for hydroxylation is 1. The fourth-order valence-corrected chi connectivity index (χ4v) is 3.98. The number of hydrogen-bond donors (Lipinski definition) is 4. The van der Waals surface area contributed by atoms with E-state index in [1.54, 1.807) is 18.7 Å². The SMILES string of the molecule is CC(=O)NCCNC(=O)c1cn(CCCNc2ccc([N+](=O)[O-])c(N)n2)cc1-c1ccc(-n2ccnc2)cc1. The van der Waals surface area contributed by atoms with Crippen molar-refractivity contribution in [2.45, 2.75) is 19.9 Å². The maximum absolute atomic E-state index is 13.0. The maximum Gasteiger partial charge on any atom is 0.311 e. The maximum atomic E-state index is 13.0. The zero-order chi connectivity index (χ0) is 27.8. The summed E-state index contributed by atoms with van der Waals surface area (Å²) in [5, 5.41) is 19.5. The number of hydrogen-bond acceptors (Lipinski definition) is 8. The monoisotopic (exact) mass is 531 g/mol. The molecular formula is C26H29N9O4. The molecule has 3 heterocycles. The van der Waals surface area contributed by atoms with E-state index in [2.05, 4.69) is 25.9 Å². The molecule has 0 aliphatic rings. The Bertz CT molecular complexity index is 1450. The summed E-state index contributed by atoms with van der Waals surface area (Å²) in [6.45, 7) is 3.21. The van der Waals surface area contributed by atoms with Crippen molar-refractivity contribution in [2.24, 2.45) is 0 Å². The molecule has 0 aliphatic heterocycles. The van der Waals surface area contributed by atoms with Crippen LogP contribution in [0.5, 0.6) is 0 Å². The quantitative estimate of drug-likeness (QED) is 0.123.